The van der Waals surface area contributed by atoms with E-state index in [4.69, 9.17) is 0 Å². The molecule has 2 heterocycles. The topological polar surface area (TPSA) is 24.1 Å². The molecule has 2 atom stereocenters. The fourth-order valence-electron chi connectivity index (χ4n) is 3.91. The molecule has 2 N–H and O–H groups in total. The van der Waals surface area contributed by atoms with Crippen molar-refractivity contribution in [3.8, 4) is 0 Å². The molecule has 0 spiro atoms. The summed E-state index contributed by atoms with van der Waals surface area (Å²) in [5.74, 6) is 0.921. The van der Waals surface area contributed by atoms with Gasteiger partial charge in [-0.2, -0.15) is 0 Å². The number of rotatable bonds is 4. The molecule has 2 nitrogen and oxygen atoms in total. The normalized spacial score (nSPS) is 22.8. The summed E-state index contributed by atoms with van der Waals surface area (Å²) in [4.78, 5) is 0. The first-order valence-corrected chi connectivity index (χ1v) is 9.17. The lowest BCUT2D eigenvalue weighted by Gasteiger charge is -2.28. The standard InChI is InChI=1S/C23H26N2/c1-23(2,21-13-19(15-24-21)17-9-5-3-6-10-17)22-14-20(16-25-22)18-11-7-4-8-12-18/h3-14,19-20,24-25H,15-16H2,1-2H3/t19-,20-/m0/s1. The van der Waals surface area contributed by atoms with Crippen LogP contribution >= 0.6 is 0 Å². The van der Waals surface area contributed by atoms with Crippen molar-refractivity contribution in [2.24, 2.45) is 5.41 Å². The molecule has 0 fully saturated rings. The molecular formula is C23H26N2. The minimum atomic E-state index is -0.0208. The fraction of sp³-hybridized carbons (Fsp3) is 0.304. The van der Waals surface area contributed by atoms with Gasteiger partial charge in [0.25, 0.3) is 0 Å². The first kappa shape index (κ1) is 16.0. The van der Waals surface area contributed by atoms with Gasteiger partial charge >= 0.3 is 0 Å². The lowest BCUT2D eigenvalue weighted by molar-refractivity contribution is 0.477. The quantitative estimate of drug-likeness (QED) is 0.859. The maximum atomic E-state index is 3.66. The van der Waals surface area contributed by atoms with Gasteiger partial charge in [0.15, 0.2) is 0 Å². The molecule has 0 saturated carbocycles. The highest BCUT2D eigenvalue weighted by molar-refractivity contribution is 5.38. The number of hydrogen-bond donors (Lipinski definition) is 2. The molecular weight excluding hydrogens is 304 g/mol. The van der Waals surface area contributed by atoms with E-state index in [2.05, 4.69) is 97.3 Å². The molecule has 0 aromatic heterocycles. The minimum absolute atomic E-state index is 0.0208. The third-order valence-corrected chi connectivity index (χ3v) is 5.56. The summed E-state index contributed by atoms with van der Waals surface area (Å²) in [6.07, 6.45) is 4.82. The summed E-state index contributed by atoms with van der Waals surface area (Å²) in [5, 5.41) is 7.31. The highest BCUT2D eigenvalue weighted by Crippen LogP contribution is 2.40. The average molecular weight is 330 g/mol. The molecule has 2 aliphatic rings. The van der Waals surface area contributed by atoms with Gasteiger partial charge in [-0.05, 0) is 25.0 Å². The van der Waals surface area contributed by atoms with E-state index in [9.17, 15) is 0 Å². The highest BCUT2D eigenvalue weighted by atomic mass is 15.0. The third kappa shape index (κ3) is 3.09. The zero-order valence-corrected chi connectivity index (χ0v) is 15.0. The summed E-state index contributed by atoms with van der Waals surface area (Å²) >= 11 is 0. The van der Waals surface area contributed by atoms with Gasteiger partial charge in [0.2, 0.25) is 0 Å². The zero-order chi connectivity index (χ0) is 17.3. The maximum absolute atomic E-state index is 3.66. The van der Waals surface area contributed by atoms with Crippen LogP contribution < -0.4 is 10.6 Å². The van der Waals surface area contributed by atoms with Crippen LogP contribution in [-0.4, -0.2) is 13.1 Å². The number of nitrogens with one attached hydrogen (secondary N) is 2. The first-order valence-electron chi connectivity index (χ1n) is 9.17. The van der Waals surface area contributed by atoms with Gasteiger partial charge in [0.05, 0.1) is 0 Å². The van der Waals surface area contributed by atoms with Gasteiger partial charge < -0.3 is 10.6 Å². The molecule has 0 bridgehead atoms. The second kappa shape index (κ2) is 6.44. The van der Waals surface area contributed by atoms with E-state index in [0.717, 1.165) is 13.1 Å². The lowest BCUT2D eigenvalue weighted by Crippen LogP contribution is -2.30. The van der Waals surface area contributed by atoms with Gasteiger partial charge in [-0.15, -0.1) is 0 Å². The van der Waals surface area contributed by atoms with Crippen molar-refractivity contribution in [3.05, 3.63) is 95.3 Å². The summed E-state index contributed by atoms with van der Waals surface area (Å²) < 4.78 is 0. The predicted octanol–water partition coefficient (Wildman–Crippen LogP) is 4.55. The molecule has 0 aliphatic carbocycles. The molecule has 25 heavy (non-hydrogen) atoms. The van der Waals surface area contributed by atoms with Crippen molar-refractivity contribution in [3.63, 3.8) is 0 Å². The summed E-state index contributed by atoms with van der Waals surface area (Å²) in [7, 11) is 0. The third-order valence-electron chi connectivity index (χ3n) is 5.56. The summed E-state index contributed by atoms with van der Waals surface area (Å²) in [6, 6.07) is 21.5. The van der Waals surface area contributed by atoms with E-state index < -0.39 is 0 Å². The second-order valence-electron chi connectivity index (χ2n) is 7.58. The molecule has 0 radical (unpaired) electrons. The van der Waals surface area contributed by atoms with E-state index >= 15 is 0 Å². The molecule has 0 unspecified atom stereocenters. The van der Waals surface area contributed by atoms with Gasteiger partial charge in [0.1, 0.15) is 0 Å². The lowest BCUT2D eigenvalue weighted by atomic mass is 9.84. The Bertz CT molecular complexity index is 720. The number of benzene rings is 2. The second-order valence-corrected chi connectivity index (χ2v) is 7.58. The van der Waals surface area contributed by atoms with Crippen LogP contribution in [0.4, 0.5) is 0 Å². The van der Waals surface area contributed by atoms with Crippen LogP contribution in [0.5, 0.6) is 0 Å². The zero-order valence-electron chi connectivity index (χ0n) is 15.0. The van der Waals surface area contributed by atoms with Gasteiger partial charge in [-0.1, -0.05) is 72.8 Å². The van der Waals surface area contributed by atoms with Gasteiger partial charge in [-0.3, -0.25) is 0 Å². The van der Waals surface area contributed by atoms with Crippen LogP contribution in [0.2, 0.25) is 0 Å². The molecule has 0 amide bonds. The van der Waals surface area contributed by atoms with Crippen LogP contribution in [0.25, 0.3) is 0 Å². The molecule has 2 aromatic rings. The Morgan fingerprint density at radius 2 is 1.08 bits per heavy atom. The van der Waals surface area contributed by atoms with E-state index in [1.54, 1.807) is 0 Å². The molecule has 128 valence electrons. The Morgan fingerprint density at radius 3 is 1.48 bits per heavy atom. The maximum Gasteiger partial charge on any atom is 0.0434 e. The van der Waals surface area contributed by atoms with Crippen LogP contribution in [0.3, 0.4) is 0 Å². The van der Waals surface area contributed by atoms with E-state index in [-0.39, 0.29) is 5.41 Å². The average Bonchev–Trinajstić information content (AvgIpc) is 3.34. The molecule has 4 rings (SSSR count). The molecule has 2 heteroatoms. The molecule has 0 saturated heterocycles. The van der Waals surface area contributed by atoms with Crippen LogP contribution in [0.1, 0.15) is 36.8 Å². The largest absolute Gasteiger partial charge is 0.387 e. The Labute approximate surface area is 150 Å². The van der Waals surface area contributed by atoms with Crippen molar-refractivity contribution >= 4 is 0 Å². The first-order chi connectivity index (χ1) is 12.1. The van der Waals surface area contributed by atoms with Crippen molar-refractivity contribution in [1.29, 1.82) is 0 Å². The minimum Gasteiger partial charge on any atom is -0.387 e. The summed E-state index contributed by atoms with van der Waals surface area (Å²) in [5.41, 5.74) is 5.41. The van der Waals surface area contributed by atoms with Crippen LogP contribution in [0.15, 0.2) is 84.2 Å². The highest BCUT2D eigenvalue weighted by Gasteiger charge is 2.35. The smallest absolute Gasteiger partial charge is 0.0434 e. The SMILES string of the molecule is CC(C)(C1=C[C@H](c2ccccc2)CN1)C1=C[C@H](c2ccccc2)CN1. The molecule has 2 aromatic carbocycles. The Morgan fingerprint density at radius 1 is 0.680 bits per heavy atom. The van der Waals surface area contributed by atoms with Crippen molar-refractivity contribution < 1.29 is 0 Å². The predicted molar refractivity (Wildman–Crippen MR) is 104 cm³/mol. The molecule has 2 aliphatic heterocycles. The fourth-order valence-corrected chi connectivity index (χ4v) is 3.91. The Hall–Kier alpha value is -2.48. The van der Waals surface area contributed by atoms with E-state index in [0.29, 0.717) is 11.8 Å². The number of hydrogen-bond acceptors (Lipinski definition) is 2. The van der Waals surface area contributed by atoms with Gasteiger partial charge in [0, 0.05) is 41.7 Å². The Kier molecular flexibility index (Phi) is 4.12. The van der Waals surface area contributed by atoms with Gasteiger partial charge in [-0.25, -0.2) is 0 Å². The summed E-state index contributed by atoms with van der Waals surface area (Å²) in [6.45, 7) is 6.59. The van der Waals surface area contributed by atoms with Crippen LogP contribution in [-0.2, 0) is 0 Å². The van der Waals surface area contributed by atoms with Crippen LogP contribution in [0, 0.1) is 5.41 Å². The Balaban J connectivity index is 1.56. The van der Waals surface area contributed by atoms with E-state index in [1.165, 1.54) is 22.5 Å². The monoisotopic (exact) mass is 330 g/mol. The van der Waals surface area contributed by atoms with Crippen molar-refractivity contribution in [1.82, 2.24) is 10.6 Å². The van der Waals surface area contributed by atoms with Crippen molar-refractivity contribution in [2.45, 2.75) is 25.7 Å². The van der Waals surface area contributed by atoms with E-state index in [1.807, 2.05) is 0 Å². The van der Waals surface area contributed by atoms with Crippen molar-refractivity contribution in [2.75, 3.05) is 13.1 Å².